The van der Waals surface area contributed by atoms with Crippen molar-refractivity contribution in [3.05, 3.63) is 33.8 Å². The summed E-state index contributed by atoms with van der Waals surface area (Å²) >= 11 is 11.5. The normalized spacial score (nSPS) is 13.9. The van der Waals surface area contributed by atoms with Gasteiger partial charge < -0.3 is 5.73 Å². The molecule has 0 aromatic heterocycles. The van der Waals surface area contributed by atoms with Crippen molar-refractivity contribution in [1.82, 2.24) is 0 Å². The molecule has 1 aromatic rings. The summed E-state index contributed by atoms with van der Waals surface area (Å²) in [4.78, 5) is 0. The highest BCUT2D eigenvalue weighted by atomic mass is 35.5. The molecule has 0 amide bonds. The fourth-order valence-corrected chi connectivity index (χ4v) is 1.74. The molecule has 1 atom stereocenters. The summed E-state index contributed by atoms with van der Waals surface area (Å²) in [5.74, 6) is 0. The topological polar surface area (TPSA) is 26.0 Å². The van der Waals surface area contributed by atoms with Crippen LogP contribution in [0.3, 0.4) is 0 Å². The molecule has 6 heteroatoms. The number of halogens is 5. The second-order valence-corrected chi connectivity index (χ2v) is 4.36. The third kappa shape index (κ3) is 4.60. The second kappa shape index (κ2) is 5.25. The minimum absolute atomic E-state index is 0.0545. The monoisotopic (exact) mass is 271 g/mol. The Kier molecular flexibility index (Phi) is 4.47. The molecule has 2 N–H and O–H groups in total. The van der Waals surface area contributed by atoms with Crippen LogP contribution in [-0.2, 0) is 6.42 Å². The highest BCUT2D eigenvalue weighted by Crippen LogP contribution is 2.25. The van der Waals surface area contributed by atoms with Crippen molar-refractivity contribution in [3.63, 3.8) is 0 Å². The van der Waals surface area contributed by atoms with Gasteiger partial charge in [0.2, 0.25) is 0 Å². The van der Waals surface area contributed by atoms with Gasteiger partial charge in [-0.15, -0.1) is 0 Å². The SMILES string of the molecule is NC(Cc1cc(Cl)ccc1Cl)CC(F)(F)F. The average Bonchev–Trinajstić information content (AvgIpc) is 2.08. The quantitative estimate of drug-likeness (QED) is 0.889. The zero-order valence-corrected chi connectivity index (χ0v) is 9.70. The van der Waals surface area contributed by atoms with Gasteiger partial charge in [0.15, 0.2) is 0 Å². The van der Waals surface area contributed by atoms with Gasteiger partial charge in [-0.2, -0.15) is 13.2 Å². The number of alkyl halides is 3. The first kappa shape index (κ1) is 13.6. The Morgan fingerprint density at radius 2 is 1.88 bits per heavy atom. The van der Waals surface area contributed by atoms with E-state index in [2.05, 4.69) is 0 Å². The summed E-state index contributed by atoms with van der Waals surface area (Å²) in [6, 6.07) is 3.64. The fraction of sp³-hybridized carbons (Fsp3) is 0.400. The van der Waals surface area contributed by atoms with Gasteiger partial charge in [-0.3, -0.25) is 0 Å². The van der Waals surface area contributed by atoms with Crippen molar-refractivity contribution >= 4 is 23.2 Å². The molecule has 0 heterocycles. The van der Waals surface area contributed by atoms with Crippen LogP contribution < -0.4 is 5.73 Å². The molecular weight excluding hydrogens is 262 g/mol. The van der Waals surface area contributed by atoms with Crippen molar-refractivity contribution in [3.8, 4) is 0 Å². The van der Waals surface area contributed by atoms with Gasteiger partial charge in [0, 0.05) is 16.1 Å². The molecule has 0 aliphatic heterocycles. The van der Waals surface area contributed by atoms with E-state index < -0.39 is 18.6 Å². The molecule has 90 valence electrons. The van der Waals surface area contributed by atoms with Crippen molar-refractivity contribution in [2.45, 2.75) is 25.1 Å². The highest BCUT2D eigenvalue weighted by Gasteiger charge is 2.30. The van der Waals surface area contributed by atoms with Crippen LogP contribution in [0.2, 0.25) is 10.0 Å². The van der Waals surface area contributed by atoms with Crippen LogP contribution >= 0.6 is 23.2 Å². The Labute approximate surface area is 101 Å². The van der Waals surface area contributed by atoms with Crippen LogP contribution in [0.1, 0.15) is 12.0 Å². The largest absolute Gasteiger partial charge is 0.390 e. The van der Waals surface area contributed by atoms with E-state index in [1.807, 2.05) is 0 Å². The highest BCUT2D eigenvalue weighted by molar-refractivity contribution is 6.33. The zero-order valence-electron chi connectivity index (χ0n) is 8.19. The lowest BCUT2D eigenvalue weighted by Crippen LogP contribution is -2.29. The molecule has 1 nitrogen and oxygen atoms in total. The first-order chi connectivity index (χ1) is 7.28. The summed E-state index contributed by atoms with van der Waals surface area (Å²) in [6.45, 7) is 0. The lowest BCUT2D eigenvalue weighted by atomic mass is 10.0. The van der Waals surface area contributed by atoms with E-state index in [-0.39, 0.29) is 6.42 Å². The van der Waals surface area contributed by atoms with E-state index in [0.717, 1.165) is 0 Å². The van der Waals surface area contributed by atoms with Gasteiger partial charge in [0.05, 0.1) is 6.42 Å². The van der Waals surface area contributed by atoms with Crippen LogP contribution in [0.4, 0.5) is 13.2 Å². The van der Waals surface area contributed by atoms with Gasteiger partial charge in [0.1, 0.15) is 0 Å². The summed E-state index contributed by atoms with van der Waals surface area (Å²) in [6.07, 6.45) is -5.24. The van der Waals surface area contributed by atoms with E-state index in [9.17, 15) is 13.2 Å². The van der Waals surface area contributed by atoms with Crippen LogP contribution in [0.25, 0.3) is 0 Å². The maximum atomic E-state index is 12.0. The van der Waals surface area contributed by atoms with Gasteiger partial charge in [-0.25, -0.2) is 0 Å². The molecule has 0 saturated carbocycles. The fourth-order valence-electron chi connectivity index (χ4n) is 1.35. The number of hydrogen-bond donors (Lipinski definition) is 1. The predicted octanol–water partition coefficient (Wildman–Crippen LogP) is 3.82. The smallest absolute Gasteiger partial charge is 0.327 e. The van der Waals surface area contributed by atoms with Crippen LogP contribution in [0.5, 0.6) is 0 Å². The predicted molar refractivity (Wildman–Crippen MR) is 58.8 cm³/mol. The molecule has 0 aliphatic carbocycles. The summed E-state index contributed by atoms with van der Waals surface area (Å²) in [5.41, 5.74) is 5.92. The van der Waals surface area contributed by atoms with Crippen LogP contribution in [0, 0.1) is 0 Å². The Hall–Kier alpha value is -0.450. The summed E-state index contributed by atoms with van der Waals surface area (Å²) < 4.78 is 36.1. The van der Waals surface area contributed by atoms with Gasteiger partial charge in [-0.1, -0.05) is 23.2 Å². The van der Waals surface area contributed by atoms with E-state index in [1.54, 1.807) is 12.1 Å². The standard InChI is InChI=1S/C10H10Cl2F3N/c11-7-1-2-9(12)6(3-7)4-8(16)5-10(13,14)15/h1-3,8H,4-5,16H2. The molecule has 16 heavy (non-hydrogen) atoms. The summed E-state index contributed by atoms with van der Waals surface area (Å²) in [5, 5.41) is 0.806. The minimum atomic E-state index is -4.26. The molecule has 0 bridgehead atoms. The maximum absolute atomic E-state index is 12.0. The van der Waals surface area contributed by atoms with Crippen molar-refractivity contribution in [2.75, 3.05) is 0 Å². The molecule has 0 radical (unpaired) electrons. The van der Waals surface area contributed by atoms with Crippen molar-refractivity contribution in [2.24, 2.45) is 5.73 Å². The van der Waals surface area contributed by atoms with E-state index in [0.29, 0.717) is 15.6 Å². The summed E-state index contributed by atoms with van der Waals surface area (Å²) in [7, 11) is 0. The Balaban J connectivity index is 2.69. The van der Waals surface area contributed by atoms with E-state index in [1.165, 1.54) is 6.07 Å². The third-order valence-electron chi connectivity index (χ3n) is 1.98. The third-order valence-corrected chi connectivity index (χ3v) is 2.59. The number of benzene rings is 1. The van der Waals surface area contributed by atoms with Crippen molar-refractivity contribution < 1.29 is 13.2 Å². The molecule has 0 spiro atoms. The minimum Gasteiger partial charge on any atom is -0.327 e. The number of nitrogens with two attached hydrogens (primary N) is 1. The lowest BCUT2D eigenvalue weighted by molar-refractivity contribution is -0.138. The second-order valence-electron chi connectivity index (χ2n) is 3.52. The Bertz CT molecular complexity index is 366. The number of rotatable bonds is 3. The Morgan fingerprint density at radius 3 is 2.44 bits per heavy atom. The van der Waals surface area contributed by atoms with Gasteiger partial charge in [-0.05, 0) is 30.2 Å². The Morgan fingerprint density at radius 1 is 1.25 bits per heavy atom. The molecule has 1 aromatic carbocycles. The molecule has 0 aliphatic rings. The number of hydrogen-bond acceptors (Lipinski definition) is 1. The van der Waals surface area contributed by atoms with Crippen LogP contribution in [0.15, 0.2) is 18.2 Å². The molecular formula is C10H10Cl2F3N. The molecule has 0 fully saturated rings. The van der Waals surface area contributed by atoms with E-state index >= 15 is 0 Å². The first-order valence-electron chi connectivity index (χ1n) is 4.54. The average molecular weight is 272 g/mol. The molecule has 0 saturated heterocycles. The maximum Gasteiger partial charge on any atom is 0.390 e. The van der Waals surface area contributed by atoms with E-state index in [4.69, 9.17) is 28.9 Å². The molecule has 1 rings (SSSR count). The van der Waals surface area contributed by atoms with Crippen LogP contribution in [-0.4, -0.2) is 12.2 Å². The van der Waals surface area contributed by atoms with Gasteiger partial charge in [0.25, 0.3) is 0 Å². The molecule has 1 unspecified atom stereocenters. The first-order valence-corrected chi connectivity index (χ1v) is 5.30. The zero-order chi connectivity index (χ0) is 12.3. The lowest BCUT2D eigenvalue weighted by Gasteiger charge is -2.14. The van der Waals surface area contributed by atoms with Gasteiger partial charge >= 0.3 is 6.18 Å². The van der Waals surface area contributed by atoms with Crippen molar-refractivity contribution in [1.29, 1.82) is 0 Å².